The average molecular weight is 326 g/mol. The molecule has 1 aromatic heterocycles. The van der Waals surface area contributed by atoms with Crippen LogP contribution in [-0.4, -0.2) is 16.6 Å². The second kappa shape index (κ2) is 6.09. The summed E-state index contributed by atoms with van der Waals surface area (Å²) in [6, 6.07) is 9.07. The Hall–Kier alpha value is -2.26. The first-order chi connectivity index (χ1) is 11.0. The zero-order valence-corrected chi connectivity index (χ0v) is 13.7. The van der Waals surface area contributed by atoms with Crippen molar-refractivity contribution < 1.29 is 9.59 Å². The van der Waals surface area contributed by atoms with Gasteiger partial charge >= 0.3 is 0 Å². The van der Waals surface area contributed by atoms with Crippen LogP contribution in [0.4, 0.5) is 0 Å². The van der Waals surface area contributed by atoms with Crippen molar-refractivity contribution in [1.29, 1.82) is 0 Å². The summed E-state index contributed by atoms with van der Waals surface area (Å²) in [5, 5.41) is 0.617. The molecule has 1 saturated carbocycles. The van der Waals surface area contributed by atoms with Crippen LogP contribution in [0.3, 0.4) is 0 Å². The van der Waals surface area contributed by atoms with E-state index in [1.807, 2.05) is 32.0 Å². The molecule has 1 unspecified atom stereocenters. The van der Waals surface area contributed by atoms with Gasteiger partial charge in [-0.15, -0.1) is 0 Å². The van der Waals surface area contributed by atoms with Gasteiger partial charge in [0.2, 0.25) is 0 Å². The lowest BCUT2D eigenvalue weighted by Crippen LogP contribution is -2.15. The van der Waals surface area contributed by atoms with E-state index in [2.05, 4.69) is 4.98 Å². The molecule has 0 spiro atoms. The molecule has 0 saturated heterocycles. The van der Waals surface area contributed by atoms with Crippen LogP contribution in [-0.2, 0) is 9.59 Å². The quantitative estimate of drug-likeness (QED) is 0.618. The molecule has 1 aromatic carbocycles. The van der Waals surface area contributed by atoms with Gasteiger partial charge < -0.3 is 0 Å². The van der Waals surface area contributed by atoms with Crippen LogP contribution in [0.5, 0.6) is 0 Å². The molecule has 1 heterocycles. The summed E-state index contributed by atoms with van der Waals surface area (Å²) in [5.41, 5.74) is 3.75. The van der Waals surface area contributed by atoms with Crippen molar-refractivity contribution in [3.8, 4) is 0 Å². The number of nitrogens with zero attached hydrogens (tertiary/aromatic N) is 1. The molecule has 0 N–H and O–H groups in total. The fourth-order valence-electron chi connectivity index (χ4n) is 3.14. The van der Waals surface area contributed by atoms with Gasteiger partial charge in [-0.25, -0.2) is 0 Å². The number of aryl methyl sites for hydroxylation is 2. The molecule has 2 aromatic rings. The summed E-state index contributed by atoms with van der Waals surface area (Å²) < 4.78 is 0. The van der Waals surface area contributed by atoms with Gasteiger partial charge in [0.05, 0.1) is 5.69 Å². The summed E-state index contributed by atoms with van der Waals surface area (Å²) in [5.74, 6) is -0.915. The Labute approximate surface area is 140 Å². The molecule has 0 aliphatic heterocycles. The minimum absolute atomic E-state index is 0.0642. The molecule has 3 nitrogen and oxygen atoms in total. The SMILES string of the molecule is Cc1cc(Cl)cc(C)c1C1C(=O)C/C(=C\c2ccccn2)C1=O. The summed E-state index contributed by atoms with van der Waals surface area (Å²) >= 11 is 6.05. The van der Waals surface area contributed by atoms with Crippen LogP contribution < -0.4 is 0 Å². The van der Waals surface area contributed by atoms with E-state index in [1.165, 1.54) is 0 Å². The topological polar surface area (TPSA) is 47.0 Å². The highest BCUT2D eigenvalue weighted by molar-refractivity contribution is 6.31. The van der Waals surface area contributed by atoms with Crippen LogP contribution in [0.25, 0.3) is 6.08 Å². The molecule has 1 aliphatic rings. The van der Waals surface area contributed by atoms with Crippen LogP contribution >= 0.6 is 11.6 Å². The molecule has 1 atom stereocenters. The molecular weight excluding hydrogens is 310 g/mol. The van der Waals surface area contributed by atoms with Crippen LogP contribution in [0, 0.1) is 13.8 Å². The van der Waals surface area contributed by atoms with Crippen molar-refractivity contribution in [1.82, 2.24) is 4.98 Å². The zero-order chi connectivity index (χ0) is 16.6. The smallest absolute Gasteiger partial charge is 0.174 e. The highest BCUT2D eigenvalue weighted by Gasteiger charge is 2.39. The third kappa shape index (κ3) is 2.97. The maximum Gasteiger partial charge on any atom is 0.174 e. The van der Waals surface area contributed by atoms with Crippen LogP contribution in [0.15, 0.2) is 42.1 Å². The van der Waals surface area contributed by atoms with E-state index >= 15 is 0 Å². The number of aromatic nitrogens is 1. The standard InChI is InChI=1S/C19H16ClNO2/c1-11-7-14(20)8-12(2)17(11)18-16(22)10-13(19(18)23)9-15-5-3-4-6-21-15/h3-9,18H,10H2,1-2H3/b13-9+. The summed E-state index contributed by atoms with van der Waals surface area (Å²) in [6.45, 7) is 3.77. The number of halogens is 1. The van der Waals surface area contributed by atoms with Gasteiger partial charge in [0.25, 0.3) is 0 Å². The number of hydrogen-bond acceptors (Lipinski definition) is 3. The summed E-state index contributed by atoms with van der Waals surface area (Å²) in [6.07, 6.45) is 3.53. The first-order valence-corrected chi connectivity index (χ1v) is 7.80. The molecule has 0 bridgehead atoms. The van der Waals surface area contributed by atoms with Gasteiger partial charge in [-0.3, -0.25) is 14.6 Å². The Morgan fingerprint density at radius 3 is 2.48 bits per heavy atom. The number of carbonyl (C=O) groups is 2. The molecule has 0 radical (unpaired) electrons. The van der Waals surface area contributed by atoms with E-state index in [1.54, 1.807) is 24.4 Å². The molecule has 23 heavy (non-hydrogen) atoms. The average Bonchev–Trinajstić information content (AvgIpc) is 2.75. The highest BCUT2D eigenvalue weighted by atomic mass is 35.5. The fourth-order valence-corrected chi connectivity index (χ4v) is 3.47. The van der Waals surface area contributed by atoms with E-state index in [0.717, 1.165) is 16.7 Å². The van der Waals surface area contributed by atoms with Gasteiger partial charge in [-0.05, 0) is 60.9 Å². The Morgan fingerprint density at radius 1 is 1.17 bits per heavy atom. The maximum absolute atomic E-state index is 12.8. The molecule has 0 amide bonds. The number of benzene rings is 1. The fraction of sp³-hybridized carbons (Fsp3) is 0.211. The third-order valence-corrected chi connectivity index (χ3v) is 4.34. The van der Waals surface area contributed by atoms with Crippen molar-refractivity contribution in [2.45, 2.75) is 26.2 Å². The van der Waals surface area contributed by atoms with Crippen molar-refractivity contribution in [3.05, 3.63) is 69.5 Å². The largest absolute Gasteiger partial charge is 0.298 e. The van der Waals surface area contributed by atoms with E-state index < -0.39 is 5.92 Å². The molecule has 1 fully saturated rings. The summed E-state index contributed by atoms with van der Waals surface area (Å²) in [4.78, 5) is 29.4. The van der Waals surface area contributed by atoms with E-state index in [0.29, 0.717) is 16.3 Å². The first-order valence-electron chi connectivity index (χ1n) is 7.42. The zero-order valence-electron chi connectivity index (χ0n) is 13.0. The lowest BCUT2D eigenvalue weighted by molar-refractivity contribution is -0.123. The van der Waals surface area contributed by atoms with Crippen LogP contribution in [0.1, 0.15) is 34.7 Å². The number of rotatable bonds is 2. The summed E-state index contributed by atoms with van der Waals surface area (Å²) in [7, 11) is 0. The number of hydrogen-bond donors (Lipinski definition) is 0. The van der Waals surface area contributed by atoms with E-state index in [4.69, 9.17) is 11.6 Å². The van der Waals surface area contributed by atoms with Gasteiger partial charge in [-0.1, -0.05) is 17.7 Å². The van der Waals surface area contributed by atoms with Crippen molar-refractivity contribution in [2.75, 3.05) is 0 Å². The number of carbonyl (C=O) groups excluding carboxylic acids is 2. The van der Waals surface area contributed by atoms with Crippen LogP contribution in [0.2, 0.25) is 5.02 Å². The highest BCUT2D eigenvalue weighted by Crippen LogP contribution is 2.37. The maximum atomic E-state index is 12.8. The lowest BCUT2D eigenvalue weighted by atomic mass is 9.88. The van der Waals surface area contributed by atoms with E-state index in [9.17, 15) is 9.59 Å². The van der Waals surface area contributed by atoms with Crippen molar-refractivity contribution in [2.24, 2.45) is 0 Å². The third-order valence-electron chi connectivity index (χ3n) is 4.12. The predicted octanol–water partition coefficient (Wildman–Crippen LogP) is 4.06. The molecule has 1 aliphatic carbocycles. The first kappa shape index (κ1) is 15.6. The van der Waals surface area contributed by atoms with Gasteiger partial charge in [0.15, 0.2) is 11.6 Å². The van der Waals surface area contributed by atoms with Crippen molar-refractivity contribution >= 4 is 29.2 Å². The Bertz CT molecular complexity index is 802. The number of ketones is 2. The lowest BCUT2D eigenvalue weighted by Gasteiger charge is -2.14. The Kier molecular flexibility index (Phi) is 4.14. The number of allylic oxidation sites excluding steroid dienone is 1. The number of Topliss-reactive ketones (excluding diaryl/α,β-unsaturated/α-hetero) is 2. The second-order valence-electron chi connectivity index (χ2n) is 5.82. The van der Waals surface area contributed by atoms with Crippen molar-refractivity contribution in [3.63, 3.8) is 0 Å². The van der Waals surface area contributed by atoms with Gasteiger partial charge in [-0.2, -0.15) is 0 Å². The number of pyridine rings is 1. The molecular formula is C19H16ClNO2. The molecule has 3 rings (SSSR count). The normalized spacial score (nSPS) is 19.6. The van der Waals surface area contributed by atoms with Gasteiger partial charge in [0.1, 0.15) is 5.92 Å². The minimum Gasteiger partial charge on any atom is -0.298 e. The Balaban J connectivity index is 2.02. The second-order valence-corrected chi connectivity index (χ2v) is 6.25. The van der Waals surface area contributed by atoms with Gasteiger partial charge in [0, 0.05) is 23.2 Å². The minimum atomic E-state index is -0.720. The Morgan fingerprint density at radius 2 is 1.87 bits per heavy atom. The molecule has 4 heteroatoms. The van der Waals surface area contributed by atoms with E-state index in [-0.39, 0.29) is 18.0 Å². The monoisotopic (exact) mass is 325 g/mol. The molecule has 116 valence electrons. The predicted molar refractivity (Wildman–Crippen MR) is 90.5 cm³/mol.